The molecule has 1 atom stereocenters. The number of thiazole rings is 1. The number of fused-ring (bicyclic) bond motifs is 1. The Kier molecular flexibility index (Phi) is 6.39. The molecular weight excluding hydrogens is 488 g/mol. The summed E-state index contributed by atoms with van der Waals surface area (Å²) < 4.78 is 9.21. The minimum absolute atomic E-state index is 0.0934. The van der Waals surface area contributed by atoms with E-state index in [2.05, 4.69) is 4.99 Å². The Labute approximate surface area is 217 Å². The minimum Gasteiger partial charge on any atom is -0.508 e. The topological polar surface area (TPSA) is 98.7 Å². The first-order chi connectivity index (χ1) is 17.8. The molecule has 1 aliphatic heterocycles. The molecule has 0 fully saturated rings. The molecule has 0 spiro atoms. The van der Waals surface area contributed by atoms with Gasteiger partial charge in [-0.15, -0.1) is 0 Å². The van der Waals surface area contributed by atoms with Crippen LogP contribution in [0.25, 0.3) is 11.8 Å². The third kappa shape index (κ3) is 4.31. The molecule has 0 amide bonds. The summed E-state index contributed by atoms with van der Waals surface area (Å²) in [5.41, 5.74) is 4.71. The van der Waals surface area contributed by atoms with Crippen molar-refractivity contribution < 1.29 is 14.6 Å². The van der Waals surface area contributed by atoms with Crippen molar-refractivity contribution in [2.24, 2.45) is 4.99 Å². The molecule has 2 aromatic heterocycles. The molecular formula is C28H26N4O4S. The standard InChI is InChI=1S/C28H26N4O4S/c1-5-36-27(35)24-17(3)29-28-31(25(24)19-11-13-21(33)14-12-19)26(34)23(37-28)15-22-16(2)30-32(18(22)4)20-9-7-6-8-10-20/h6-15,25,33H,5H2,1-4H3/b23-15+. The lowest BCUT2D eigenvalue weighted by Crippen LogP contribution is -2.39. The molecule has 0 bridgehead atoms. The summed E-state index contributed by atoms with van der Waals surface area (Å²) >= 11 is 1.27. The number of aromatic nitrogens is 3. The van der Waals surface area contributed by atoms with E-state index in [4.69, 9.17) is 9.84 Å². The minimum atomic E-state index is -0.729. The lowest BCUT2D eigenvalue weighted by atomic mass is 9.96. The molecule has 0 aliphatic carbocycles. The quantitative estimate of drug-likeness (QED) is 0.412. The van der Waals surface area contributed by atoms with Gasteiger partial charge in [0, 0.05) is 11.3 Å². The van der Waals surface area contributed by atoms with E-state index in [0.29, 0.717) is 26.2 Å². The largest absolute Gasteiger partial charge is 0.508 e. The van der Waals surface area contributed by atoms with Crippen LogP contribution in [0.3, 0.4) is 0 Å². The van der Waals surface area contributed by atoms with Gasteiger partial charge in [-0.25, -0.2) is 14.5 Å². The number of nitrogens with zero attached hydrogens (tertiary/aromatic N) is 4. The molecule has 0 radical (unpaired) electrons. The van der Waals surface area contributed by atoms with Crippen molar-refractivity contribution >= 4 is 23.4 Å². The summed E-state index contributed by atoms with van der Waals surface area (Å²) in [6.07, 6.45) is 1.85. The highest BCUT2D eigenvalue weighted by molar-refractivity contribution is 7.07. The lowest BCUT2D eigenvalue weighted by Gasteiger charge is -2.24. The van der Waals surface area contributed by atoms with E-state index in [1.807, 2.05) is 54.9 Å². The molecule has 8 nitrogen and oxygen atoms in total. The Morgan fingerprint density at radius 1 is 1.11 bits per heavy atom. The summed E-state index contributed by atoms with van der Waals surface area (Å²) in [6.45, 7) is 7.57. The smallest absolute Gasteiger partial charge is 0.338 e. The van der Waals surface area contributed by atoms with Crippen LogP contribution >= 0.6 is 11.3 Å². The molecule has 3 heterocycles. The molecule has 4 aromatic rings. The fourth-order valence-corrected chi connectivity index (χ4v) is 5.61. The van der Waals surface area contributed by atoms with Gasteiger partial charge in [0.25, 0.3) is 5.56 Å². The fraction of sp³-hybridized carbons (Fsp3) is 0.214. The summed E-state index contributed by atoms with van der Waals surface area (Å²) in [4.78, 5) is 31.9. The first-order valence-electron chi connectivity index (χ1n) is 11.9. The van der Waals surface area contributed by atoms with Crippen LogP contribution < -0.4 is 14.9 Å². The van der Waals surface area contributed by atoms with Gasteiger partial charge in [-0.05, 0) is 63.6 Å². The SMILES string of the molecule is CCOC(=O)C1=C(C)N=c2s/c(=C/c3c(C)nn(-c4ccccc4)c3C)c(=O)n2C1c1ccc(O)cc1. The average Bonchev–Trinajstić information content (AvgIpc) is 3.34. The van der Waals surface area contributed by atoms with Crippen LogP contribution in [0.15, 0.2) is 75.7 Å². The van der Waals surface area contributed by atoms with Gasteiger partial charge in [-0.1, -0.05) is 41.7 Å². The maximum Gasteiger partial charge on any atom is 0.338 e. The third-order valence-electron chi connectivity index (χ3n) is 6.35. The molecule has 0 saturated carbocycles. The monoisotopic (exact) mass is 514 g/mol. The van der Waals surface area contributed by atoms with Crippen LogP contribution in [-0.2, 0) is 9.53 Å². The van der Waals surface area contributed by atoms with E-state index in [1.165, 1.54) is 28.0 Å². The van der Waals surface area contributed by atoms with Gasteiger partial charge in [0.1, 0.15) is 5.75 Å². The van der Waals surface area contributed by atoms with E-state index in [1.54, 1.807) is 26.0 Å². The molecule has 2 aromatic carbocycles. The second-order valence-corrected chi connectivity index (χ2v) is 9.73. The van der Waals surface area contributed by atoms with Crippen molar-refractivity contribution in [1.82, 2.24) is 14.3 Å². The van der Waals surface area contributed by atoms with Crippen molar-refractivity contribution in [3.05, 3.63) is 108 Å². The van der Waals surface area contributed by atoms with Gasteiger partial charge in [-0.3, -0.25) is 9.36 Å². The average molecular weight is 515 g/mol. The van der Waals surface area contributed by atoms with Gasteiger partial charge >= 0.3 is 5.97 Å². The number of ether oxygens (including phenoxy) is 1. The zero-order valence-electron chi connectivity index (χ0n) is 20.9. The van der Waals surface area contributed by atoms with E-state index in [9.17, 15) is 14.7 Å². The lowest BCUT2D eigenvalue weighted by molar-refractivity contribution is -0.139. The highest BCUT2D eigenvalue weighted by Gasteiger charge is 2.33. The number of benzene rings is 2. The number of carbonyl (C=O) groups is 1. The fourth-order valence-electron chi connectivity index (χ4n) is 4.58. The summed E-state index contributed by atoms with van der Waals surface area (Å²) in [7, 11) is 0. The number of hydrogen-bond donors (Lipinski definition) is 1. The second-order valence-electron chi connectivity index (χ2n) is 8.73. The Morgan fingerprint density at radius 2 is 1.81 bits per heavy atom. The number of carbonyl (C=O) groups excluding carboxylic acids is 1. The van der Waals surface area contributed by atoms with Crippen LogP contribution in [-0.4, -0.2) is 32.0 Å². The zero-order chi connectivity index (χ0) is 26.3. The normalized spacial score (nSPS) is 15.5. The van der Waals surface area contributed by atoms with Gasteiger partial charge in [0.2, 0.25) is 0 Å². The number of rotatable bonds is 5. The molecule has 9 heteroatoms. The molecule has 1 aliphatic rings. The Bertz CT molecular complexity index is 1710. The maximum absolute atomic E-state index is 13.8. The second kappa shape index (κ2) is 9.67. The number of hydrogen-bond acceptors (Lipinski definition) is 7. The highest BCUT2D eigenvalue weighted by atomic mass is 32.1. The van der Waals surface area contributed by atoms with Gasteiger partial charge in [0.15, 0.2) is 4.80 Å². The summed E-state index contributed by atoms with van der Waals surface area (Å²) in [6, 6.07) is 15.6. The van der Waals surface area contributed by atoms with Gasteiger partial charge < -0.3 is 9.84 Å². The number of para-hydroxylation sites is 1. The van der Waals surface area contributed by atoms with Crippen LogP contribution in [0.4, 0.5) is 0 Å². The van der Waals surface area contributed by atoms with Crippen molar-refractivity contribution in [3.63, 3.8) is 0 Å². The highest BCUT2D eigenvalue weighted by Crippen LogP contribution is 2.31. The van der Waals surface area contributed by atoms with Crippen molar-refractivity contribution in [1.29, 1.82) is 0 Å². The van der Waals surface area contributed by atoms with Crippen molar-refractivity contribution in [2.75, 3.05) is 6.61 Å². The van der Waals surface area contributed by atoms with Crippen LogP contribution in [0.5, 0.6) is 5.75 Å². The van der Waals surface area contributed by atoms with E-state index < -0.39 is 12.0 Å². The molecule has 5 rings (SSSR count). The Morgan fingerprint density at radius 3 is 2.49 bits per heavy atom. The van der Waals surface area contributed by atoms with Gasteiger partial charge in [-0.2, -0.15) is 5.10 Å². The molecule has 0 saturated heterocycles. The van der Waals surface area contributed by atoms with Gasteiger partial charge in [0.05, 0.1) is 39.8 Å². The Balaban J connectivity index is 1.70. The third-order valence-corrected chi connectivity index (χ3v) is 7.33. The number of allylic oxidation sites excluding steroid dienone is 1. The van der Waals surface area contributed by atoms with Crippen LogP contribution in [0, 0.1) is 13.8 Å². The van der Waals surface area contributed by atoms with E-state index in [-0.39, 0.29) is 17.9 Å². The summed E-state index contributed by atoms with van der Waals surface area (Å²) in [5.74, 6) is -0.428. The number of esters is 1. The number of aromatic hydroxyl groups is 1. The summed E-state index contributed by atoms with van der Waals surface area (Å²) in [5, 5.41) is 14.5. The number of aryl methyl sites for hydroxylation is 1. The maximum atomic E-state index is 13.8. The number of phenols is 1. The van der Waals surface area contributed by atoms with Crippen LogP contribution in [0.1, 0.15) is 42.4 Å². The van der Waals surface area contributed by atoms with E-state index >= 15 is 0 Å². The first-order valence-corrected chi connectivity index (χ1v) is 12.7. The van der Waals surface area contributed by atoms with E-state index in [0.717, 1.165) is 22.6 Å². The predicted molar refractivity (Wildman–Crippen MR) is 142 cm³/mol. The van der Waals surface area contributed by atoms with Crippen molar-refractivity contribution in [3.8, 4) is 11.4 Å². The molecule has 188 valence electrons. The van der Waals surface area contributed by atoms with Crippen LogP contribution in [0.2, 0.25) is 0 Å². The Hall–Kier alpha value is -4.24. The zero-order valence-corrected chi connectivity index (χ0v) is 21.7. The molecule has 1 N–H and O–H groups in total. The first kappa shape index (κ1) is 24.5. The number of phenolic OH excluding ortho intramolecular Hbond substituents is 1. The van der Waals surface area contributed by atoms with Crippen molar-refractivity contribution in [2.45, 2.75) is 33.7 Å². The molecule has 1 unspecified atom stereocenters. The predicted octanol–water partition coefficient (Wildman–Crippen LogP) is 3.31. The molecule has 37 heavy (non-hydrogen) atoms.